The highest BCUT2D eigenvalue weighted by Crippen LogP contribution is 2.19. The highest BCUT2D eigenvalue weighted by molar-refractivity contribution is 8.00. The summed E-state index contributed by atoms with van der Waals surface area (Å²) < 4.78 is 0. The van der Waals surface area contributed by atoms with Crippen LogP contribution in [0.25, 0.3) is 0 Å². The molecule has 1 aromatic rings. The molecule has 0 saturated heterocycles. The van der Waals surface area contributed by atoms with Crippen molar-refractivity contribution in [3.63, 3.8) is 0 Å². The van der Waals surface area contributed by atoms with Crippen LogP contribution in [0.1, 0.15) is 20.8 Å². The molecule has 17 heavy (non-hydrogen) atoms. The Morgan fingerprint density at radius 2 is 1.82 bits per heavy atom. The predicted octanol–water partition coefficient (Wildman–Crippen LogP) is 3.43. The third kappa shape index (κ3) is 4.43. The monoisotopic (exact) mass is 251 g/mol. The number of hydrogen-bond donors (Lipinski definition) is 0. The SMILES string of the molecule is CC(C)CSC(C)C(=O)N(C)c1ccccc1. The van der Waals surface area contributed by atoms with Gasteiger partial charge in [-0.15, -0.1) is 11.8 Å². The molecular weight excluding hydrogens is 230 g/mol. The van der Waals surface area contributed by atoms with E-state index < -0.39 is 0 Å². The van der Waals surface area contributed by atoms with Crippen LogP contribution in [0.15, 0.2) is 30.3 Å². The molecule has 0 heterocycles. The predicted molar refractivity (Wildman–Crippen MR) is 76.6 cm³/mol. The van der Waals surface area contributed by atoms with Gasteiger partial charge in [-0.05, 0) is 30.7 Å². The van der Waals surface area contributed by atoms with Crippen LogP contribution in [-0.2, 0) is 4.79 Å². The van der Waals surface area contributed by atoms with Crippen molar-refractivity contribution in [3.05, 3.63) is 30.3 Å². The first-order valence-corrected chi connectivity index (χ1v) is 7.01. The van der Waals surface area contributed by atoms with Crippen molar-refractivity contribution >= 4 is 23.4 Å². The number of benzene rings is 1. The summed E-state index contributed by atoms with van der Waals surface area (Å²) in [5.74, 6) is 1.81. The smallest absolute Gasteiger partial charge is 0.239 e. The lowest BCUT2D eigenvalue weighted by Crippen LogP contribution is -2.33. The van der Waals surface area contributed by atoms with E-state index in [-0.39, 0.29) is 11.2 Å². The van der Waals surface area contributed by atoms with Gasteiger partial charge in [0.05, 0.1) is 5.25 Å². The third-order valence-corrected chi connectivity index (χ3v) is 4.06. The lowest BCUT2D eigenvalue weighted by molar-refractivity contribution is -0.117. The summed E-state index contributed by atoms with van der Waals surface area (Å²) in [5, 5.41) is 0.0163. The Hall–Kier alpha value is -0.960. The maximum atomic E-state index is 12.2. The maximum absolute atomic E-state index is 12.2. The standard InChI is InChI=1S/C14H21NOS/c1-11(2)10-17-12(3)14(16)15(4)13-8-6-5-7-9-13/h5-9,11-12H,10H2,1-4H3. The Balaban J connectivity index is 2.57. The number of nitrogens with zero attached hydrogens (tertiary/aromatic N) is 1. The van der Waals surface area contributed by atoms with Crippen LogP contribution in [0.3, 0.4) is 0 Å². The highest BCUT2D eigenvalue weighted by atomic mass is 32.2. The van der Waals surface area contributed by atoms with Crippen molar-refractivity contribution in [3.8, 4) is 0 Å². The minimum atomic E-state index is 0.0163. The summed E-state index contributed by atoms with van der Waals surface area (Å²) >= 11 is 1.72. The molecule has 94 valence electrons. The topological polar surface area (TPSA) is 20.3 Å². The Labute approximate surface area is 108 Å². The lowest BCUT2D eigenvalue weighted by atomic mass is 10.3. The molecule has 0 fully saturated rings. The van der Waals surface area contributed by atoms with Gasteiger partial charge in [0.15, 0.2) is 0 Å². The fourth-order valence-corrected chi connectivity index (χ4v) is 2.43. The largest absolute Gasteiger partial charge is 0.315 e. The van der Waals surface area contributed by atoms with Gasteiger partial charge in [-0.1, -0.05) is 32.0 Å². The van der Waals surface area contributed by atoms with Crippen molar-refractivity contribution < 1.29 is 4.79 Å². The number of hydrogen-bond acceptors (Lipinski definition) is 2. The van der Waals surface area contributed by atoms with Crippen LogP contribution in [0, 0.1) is 5.92 Å². The second kappa shape index (κ2) is 6.70. The number of para-hydroxylation sites is 1. The van der Waals surface area contributed by atoms with E-state index in [2.05, 4.69) is 13.8 Å². The molecule has 2 nitrogen and oxygen atoms in total. The average molecular weight is 251 g/mol. The van der Waals surface area contributed by atoms with Crippen molar-refractivity contribution in [2.45, 2.75) is 26.0 Å². The number of amides is 1. The molecular formula is C14H21NOS. The van der Waals surface area contributed by atoms with Crippen molar-refractivity contribution in [1.82, 2.24) is 0 Å². The van der Waals surface area contributed by atoms with Gasteiger partial charge in [-0.3, -0.25) is 4.79 Å². The molecule has 1 rings (SSSR count). The maximum Gasteiger partial charge on any atom is 0.239 e. The first kappa shape index (κ1) is 14.1. The summed E-state index contributed by atoms with van der Waals surface area (Å²) in [6.45, 7) is 6.32. The highest BCUT2D eigenvalue weighted by Gasteiger charge is 2.19. The fraction of sp³-hybridized carbons (Fsp3) is 0.500. The third-order valence-electron chi connectivity index (χ3n) is 2.50. The van der Waals surface area contributed by atoms with Crippen LogP contribution in [0.4, 0.5) is 5.69 Å². The zero-order valence-corrected chi connectivity index (χ0v) is 11.8. The first-order chi connectivity index (χ1) is 8.02. The van der Waals surface area contributed by atoms with Gasteiger partial charge in [0.2, 0.25) is 5.91 Å². The first-order valence-electron chi connectivity index (χ1n) is 5.96. The number of anilines is 1. The molecule has 1 atom stereocenters. The molecule has 0 bridgehead atoms. The van der Waals surface area contributed by atoms with E-state index in [1.165, 1.54) is 0 Å². The molecule has 0 aromatic heterocycles. The Morgan fingerprint density at radius 3 is 2.35 bits per heavy atom. The van der Waals surface area contributed by atoms with E-state index in [4.69, 9.17) is 0 Å². The summed E-state index contributed by atoms with van der Waals surface area (Å²) in [5.41, 5.74) is 0.953. The summed E-state index contributed by atoms with van der Waals surface area (Å²) in [6.07, 6.45) is 0. The van der Waals surface area contributed by atoms with Gasteiger partial charge in [-0.2, -0.15) is 0 Å². The summed E-state index contributed by atoms with van der Waals surface area (Å²) in [7, 11) is 1.84. The second-order valence-electron chi connectivity index (χ2n) is 4.60. The van der Waals surface area contributed by atoms with Gasteiger partial charge in [0, 0.05) is 12.7 Å². The fourth-order valence-electron chi connectivity index (χ4n) is 1.46. The van der Waals surface area contributed by atoms with Crippen molar-refractivity contribution in [1.29, 1.82) is 0 Å². The van der Waals surface area contributed by atoms with Gasteiger partial charge in [0.25, 0.3) is 0 Å². The van der Waals surface area contributed by atoms with Gasteiger partial charge >= 0.3 is 0 Å². The minimum absolute atomic E-state index is 0.0163. The minimum Gasteiger partial charge on any atom is -0.315 e. The molecule has 1 unspecified atom stereocenters. The van der Waals surface area contributed by atoms with E-state index in [1.54, 1.807) is 16.7 Å². The number of carbonyl (C=O) groups is 1. The Kier molecular flexibility index (Phi) is 5.56. The van der Waals surface area contributed by atoms with Gasteiger partial charge < -0.3 is 4.90 Å². The quantitative estimate of drug-likeness (QED) is 0.799. The molecule has 1 amide bonds. The molecule has 0 aliphatic heterocycles. The summed E-state index contributed by atoms with van der Waals surface area (Å²) in [6, 6.07) is 9.77. The molecule has 0 aliphatic rings. The van der Waals surface area contributed by atoms with Crippen LogP contribution >= 0.6 is 11.8 Å². The molecule has 0 saturated carbocycles. The van der Waals surface area contributed by atoms with E-state index in [0.29, 0.717) is 5.92 Å². The molecule has 0 spiro atoms. The molecule has 1 aromatic carbocycles. The average Bonchev–Trinajstić information content (AvgIpc) is 2.35. The zero-order chi connectivity index (χ0) is 12.8. The molecule has 0 aliphatic carbocycles. The Bertz CT molecular complexity index is 350. The van der Waals surface area contributed by atoms with Crippen LogP contribution in [-0.4, -0.2) is 24.0 Å². The number of rotatable bonds is 5. The van der Waals surface area contributed by atoms with E-state index in [0.717, 1.165) is 11.4 Å². The molecule has 0 N–H and O–H groups in total. The normalized spacial score (nSPS) is 12.5. The van der Waals surface area contributed by atoms with Gasteiger partial charge in [0.1, 0.15) is 0 Å². The lowest BCUT2D eigenvalue weighted by Gasteiger charge is -2.21. The number of carbonyl (C=O) groups excluding carboxylic acids is 1. The Morgan fingerprint density at radius 1 is 1.24 bits per heavy atom. The van der Waals surface area contributed by atoms with E-state index in [9.17, 15) is 4.79 Å². The van der Waals surface area contributed by atoms with Crippen LogP contribution in [0.5, 0.6) is 0 Å². The molecule has 0 radical (unpaired) electrons. The van der Waals surface area contributed by atoms with Crippen molar-refractivity contribution in [2.24, 2.45) is 5.92 Å². The van der Waals surface area contributed by atoms with Gasteiger partial charge in [-0.25, -0.2) is 0 Å². The van der Waals surface area contributed by atoms with E-state index in [1.807, 2.05) is 44.3 Å². The summed E-state index contributed by atoms with van der Waals surface area (Å²) in [4.78, 5) is 13.9. The second-order valence-corrected chi connectivity index (χ2v) is 5.98. The molecule has 3 heteroatoms. The van der Waals surface area contributed by atoms with Crippen LogP contribution < -0.4 is 4.90 Å². The zero-order valence-electron chi connectivity index (χ0n) is 11.0. The number of thioether (sulfide) groups is 1. The van der Waals surface area contributed by atoms with Crippen LogP contribution in [0.2, 0.25) is 0 Å². The van der Waals surface area contributed by atoms with Crippen molar-refractivity contribution in [2.75, 3.05) is 17.7 Å². The van der Waals surface area contributed by atoms with E-state index >= 15 is 0 Å².